The molecule has 0 amide bonds. The number of rotatable bonds is 4. The van der Waals surface area contributed by atoms with Gasteiger partial charge in [-0.1, -0.05) is 0 Å². The highest BCUT2D eigenvalue weighted by atomic mass is 32.2. The first kappa shape index (κ1) is 12.0. The number of nitrogens with zero attached hydrogens (tertiary/aromatic N) is 5. The summed E-state index contributed by atoms with van der Waals surface area (Å²) in [5.41, 5.74) is 0. The summed E-state index contributed by atoms with van der Waals surface area (Å²) in [6, 6.07) is 0.145. The maximum atomic E-state index is 10.7. The number of aromatic nitrogens is 5. The average Bonchev–Trinajstić information content (AvgIpc) is 2.86. The van der Waals surface area contributed by atoms with Crippen molar-refractivity contribution >= 4 is 29.1 Å². The Morgan fingerprint density at radius 1 is 1.59 bits per heavy atom. The van der Waals surface area contributed by atoms with E-state index in [0.29, 0.717) is 9.50 Å². The number of aromatic carboxylic acids is 1. The summed E-state index contributed by atoms with van der Waals surface area (Å²) in [5.74, 6) is -0.974. The van der Waals surface area contributed by atoms with Crippen molar-refractivity contribution in [1.29, 1.82) is 0 Å². The van der Waals surface area contributed by atoms with Crippen LogP contribution in [0.5, 0.6) is 0 Å². The maximum absolute atomic E-state index is 10.7. The van der Waals surface area contributed by atoms with Gasteiger partial charge in [-0.2, -0.15) is 0 Å². The van der Waals surface area contributed by atoms with Crippen LogP contribution in [0.2, 0.25) is 0 Å². The van der Waals surface area contributed by atoms with Crippen molar-refractivity contribution in [3.63, 3.8) is 0 Å². The maximum Gasteiger partial charge on any atom is 0.347 e. The van der Waals surface area contributed by atoms with Gasteiger partial charge in [-0.15, -0.1) is 16.4 Å². The van der Waals surface area contributed by atoms with Crippen molar-refractivity contribution in [1.82, 2.24) is 25.2 Å². The number of thiazole rings is 1. The molecule has 0 spiro atoms. The molecule has 2 aromatic rings. The van der Waals surface area contributed by atoms with E-state index in [1.807, 2.05) is 13.8 Å². The number of tetrazole rings is 1. The smallest absolute Gasteiger partial charge is 0.347 e. The third-order valence-corrected chi connectivity index (χ3v) is 3.84. The molecule has 0 atom stereocenters. The first-order chi connectivity index (χ1) is 8.08. The molecule has 2 heterocycles. The number of carboxylic acid groups (broad SMARTS) is 1. The number of carboxylic acids is 1. The van der Waals surface area contributed by atoms with Gasteiger partial charge in [-0.3, -0.25) is 0 Å². The Balaban J connectivity index is 2.19. The van der Waals surface area contributed by atoms with Crippen LogP contribution in [0.1, 0.15) is 29.6 Å². The Morgan fingerprint density at radius 3 is 2.94 bits per heavy atom. The van der Waals surface area contributed by atoms with E-state index >= 15 is 0 Å². The molecule has 0 saturated carbocycles. The molecule has 0 aliphatic rings. The highest BCUT2D eigenvalue weighted by molar-refractivity contribution is 8.00. The lowest BCUT2D eigenvalue weighted by molar-refractivity contribution is 0.0702. The first-order valence-electron chi connectivity index (χ1n) is 4.72. The van der Waals surface area contributed by atoms with Gasteiger partial charge in [0, 0.05) is 0 Å². The molecule has 1 N–H and O–H groups in total. The molecule has 0 saturated heterocycles. The summed E-state index contributed by atoms with van der Waals surface area (Å²) in [5, 5.41) is 20.7. The lowest BCUT2D eigenvalue weighted by Crippen LogP contribution is -2.04. The zero-order valence-corrected chi connectivity index (χ0v) is 10.7. The van der Waals surface area contributed by atoms with Crippen molar-refractivity contribution in [2.75, 3.05) is 0 Å². The van der Waals surface area contributed by atoms with Crippen LogP contribution in [-0.2, 0) is 0 Å². The second kappa shape index (κ2) is 4.80. The second-order valence-corrected chi connectivity index (χ2v) is 5.64. The van der Waals surface area contributed by atoms with Gasteiger partial charge >= 0.3 is 5.97 Å². The molecule has 9 heteroatoms. The topological polar surface area (TPSA) is 93.8 Å². The fourth-order valence-corrected chi connectivity index (χ4v) is 2.88. The zero-order valence-electron chi connectivity index (χ0n) is 9.06. The standard InChI is InChI=1S/C8H9N5O2S2/c1-4(2)13-7(10-11-12-13)17-8-9-3-5(16-8)6(14)15/h3-4H,1-2H3,(H,14,15). The minimum Gasteiger partial charge on any atom is -0.477 e. The molecule has 0 aliphatic carbocycles. The molecule has 0 unspecified atom stereocenters. The Kier molecular flexibility index (Phi) is 3.38. The largest absolute Gasteiger partial charge is 0.477 e. The molecule has 0 bridgehead atoms. The minimum atomic E-state index is -0.974. The number of hydrogen-bond donors (Lipinski definition) is 1. The van der Waals surface area contributed by atoms with Crippen LogP contribution in [0.15, 0.2) is 15.7 Å². The molecule has 2 rings (SSSR count). The zero-order chi connectivity index (χ0) is 12.4. The monoisotopic (exact) mass is 271 g/mol. The Bertz CT molecular complexity index is 536. The summed E-state index contributed by atoms with van der Waals surface area (Å²) in [7, 11) is 0. The fraction of sp³-hybridized carbons (Fsp3) is 0.375. The molecular formula is C8H9N5O2S2. The Labute approximate surface area is 105 Å². The van der Waals surface area contributed by atoms with Gasteiger partial charge in [0.2, 0.25) is 5.16 Å². The predicted molar refractivity (Wildman–Crippen MR) is 61.4 cm³/mol. The van der Waals surface area contributed by atoms with E-state index in [9.17, 15) is 4.79 Å². The van der Waals surface area contributed by atoms with E-state index in [-0.39, 0.29) is 10.9 Å². The van der Waals surface area contributed by atoms with Gasteiger partial charge in [0.15, 0.2) is 4.34 Å². The predicted octanol–water partition coefficient (Wildman–Crippen LogP) is 1.56. The van der Waals surface area contributed by atoms with Crippen molar-refractivity contribution in [2.45, 2.75) is 29.4 Å². The molecule has 0 aromatic carbocycles. The van der Waals surface area contributed by atoms with Crippen LogP contribution in [0.3, 0.4) is 0 Å². The van der Waals surface area contributed by atoms with E-state index in [0.717, 1.165) is 11.3 Å². The molecule has 2 aromatic heterocycles. The summed E-state index contributed by atoms with van der Waals surface area (Å²) in [4.78, 5) is 14.9. The first-order valence-corrected chi connectivity index (χ1v) is 6.36. The van der Waals surface area contributed by atoms with Crippen molar-refractivity contribution < 1.29 is 9.90 Å². The highest BCUT2D eigenvalue weighted by Gasteiger charge is 2.14. The van der Waals surface area contributed by atoms with E-state index in [4.69, 9.17) is 5.11 Å². The molecular weight excluding hydrogens is 262 g/mol. The molecule has 0 fully saturated rings. The van der Waals surface area contributed by atoms with Crippen LogP contribution < -0.4 is 0 Å². The van der Waals surface area contributed by atoms with Gasteiger partial charge in [-0.05, 0) is 36.0 Å². The quantitative estimate of drug-likeness (QED) is 0.901. The minimum absolute atomic E-state index is 0.145. The summed E-state index contributed by atoms with van der Waals surface area (Å²) in [6.07, 6.45) is 1.33. The Morgan fingerprint density at radius 2 is 2.35 bits per heavy atom. The normalized spacial score (nSPS) is 11.0. The van der Waals surface area contributed by atoms with Crippen LogP contribution in [-0.4, -0.2) is 36.3 Å². The van der Waals surface area contributed by atoms with Gasteiger partial charge in [0.25, 0.3) is 0 Å². The molecule has 17 heavy (non-hydrogen) atoms. The van der Waals surface area contributed by atoms with E-state index in [1.165, 1.54) is 18.0 Å². The van der Waals surface area contributed by atoms with Crippen LogP contribution >= 0.6 is 23.1 Å². The van der Waals surface area contributed by atoms with Crippen LogP contribution in [0.25, 0.3) is 0 Å². The fourth-order valence-electron chi connectivity index (χ4n) is 1.06. The van der Waals surface area contributed by atoms with Gasteiger partial charge in [0.1, 0.15) is 4.88 Å². The lowest BCUT2D eigenvalue weighted by atomic mass is 10.4. The van der Waals surface area contributed by atoms with Crippen molar-refractivity contribution in [3.05, 3.63) is 11.1 Å². The third kappa shape index (κ3) is 2.61. The van der Waals surface area contributed by atoms with Crippen LogP contribution in [0, 0.1) is 0 Å². The Hall–Kier alpha value is -1.48. The average molecular weight is 271 g/mol. The molecule has 7 nitrogen and oxygen atoms in total. The highest BCUT2D eigenvalue weighted by Crippen LogP contribution is 2.30. The second-order valence-electron chi connectivity index (χ2n) is 3.40. The number of hydrogen-bond acceptors (Lipinski definition) is 7. The molecule has 0 radical (unpaired) electrons. The van der Waals surface area contributed by atoms with Crippen molar-refractivity contribution in [2.24, 2.45) is 0 Å². The van der Waals surface area contributed by atoms with E-state index < -0.39 is 5.97 Å². The summed E-state index contributed by atoms with van der Waals surface area (Å²) < 4.78 is 2.27. The summed E-state index contributed by atoms with van der Waals surface area (Å²) in [6.45, 7) is 3.93. The van der Waals surface area contributed by atoms with E-state index in [1.54, 1.807) is 4.68 Å². The number of carbonyl (C=O) groups is 1. The van der Waals surface area contributed by atoms with Gasteiger partial charge < -0.3 is 5.11 Å². The van der Waals surface area contributed by atoms with Crippen LogP contribution in [0.4, 0.5) is 0 Å². The van der Waals surface area contributed by atoms with Gasteiger partial charge in [0.05, 0.1) is 12.2 Å². The molecule has 90 valence electrons. The molecule has 0 aliphatic heterocycles. The lowest BCUT2D eigenvalue weighted by Gasteiger charge is -2.04. The van der Waals surface area contributed by atoms with Crippen molar-refractivity contribution in [3.8, 4) is 0 Å². The third-order valence-electron chi connectivity index (χ3n) is 1.83. The summed E-state index contributed by atoms with van der Waals surface area (Å²) >= 11 is 2.36. The van der Waals surface area contributed by atoms with Gasteiger partial charge in [-0.25, -0.2) is 14.5 Å². The van der Waals surface area contributed by atoms with E-state index in [2.05, 4.69) is 20.5 Å². The SMILES string of the molecule is CC(C)n1nnnc1Sc1ncc(C(=O)O)s1.